The number of sulfonamides is 1. The molecule has 0 bridgehead atoms. The van der Waals surface area contributed by atoms with Gasteiger partial charge in [-0.05, 0) is 31.4 Å². The van der Waals surface area contributed by atoms with E-state index in [0.717, 1.165) is 5.56 Å². The van der Waals surface area contributed by atoms with Crippen LogP contribution in [0.5, 0.6) is 0 Å². The number of hydrogen-bond acceptors (Lipinski definition) is 5. The Hall–Kier alpha value is -2.76. The minimum Gasteiger partial charge on any atom is -0.481 e. The van der Waals surface area contributed by atoms with Gasteiger partial charge in [-0.15, -0.1) is 0 Å². The van der Waals surface area contributed by atoms with E-state index in [4.69, 9.17) is 5.26 Å². The first-order chi connectivity index (χ1) is 12.8. The van der Waals surface area contributed by atoms with E-state index < -0.39 is 21.4 Å². The minimum absolute atomic E-state index is 0.0556. The fourth-order valence-electron chi connectivity index (χ4n) is 3.45. The van der Waals surface area contributed by atoms with Crippen LogP contribution >= 0.6 is 0 Å². The van der Waals surface area contributed by atoms with Gasteiger partial charge < -0.3 is 5.11 Å². The summed E-state index contributed by atoms with van der Waals surface area (Å²) in [4.78, 5) is 15.8. The third-order valence-corrected chi connectivity index (χ3v) is 6.90. The monoisotopic (exact) mass is 385 g/mol. The van der Waals surface area contributed by atoms with Gasteiger partial charge in [-0.25, -0.2) is 8.42 Å². The van der Waals surface area contributed by atoms with Gasteiger partial charge in [-0.1, -0.05) is 29.8 Å². The van der Waals surface area contributed by atoms with Crippen molar-refractivity contribution in [3.05, 3.63) is 59.4 Å². The second-order valence-corrected chi connectivity index (χ2v) is 8.62. The number of aromatic nitrogens is 1. The third kappa shape index (κ3) is 3.44. The number of hydrogen-bond donors (Lipinski definition) is 1. The average Bonchev–Trinajstić information content (AvgIpc) is 2.68. The van der Waals surface area contributed by atoms with Crippen molar-refractivity contribution >= 4 is 16.0 Å². The van der Waals surface area contributed by atoms with Crippen molar-refractivity contribution in [2.45, 2.75) is 30.1 Å². The topological polar surface area (TPSA) is 111 Å². The molecule has 0 aliphatic carbocycles. The molecule has 1 aromatic carbocycles. The lowest BCUT2D eigenvalue weighted by Gasteiger charge is -2.38. The predicted molar refractivity (Wildman–Crippen MR) is 97.4 cm³/mol. The Bertz CT molecular complexity index is 1020. The van der Waals surface area contributed by atoms with Gasteiger partial charge in [0, 0.05) is 25.5 Å². The van der Waals surface area contributed by atoms with Crippen molar-refractivity contribution in [3.63, 3.8) is 0 Å². The molecule has 1 N–H and O–H groups in total. The van der Waals surface area contributed by atoms with Crippen LogP contribution in [0.15, 0.2) is 47.6 Å². The van der Waals surface area contributed by atoms with Crippen molar-refractivity contribution in [2.75, 3.05) is 13.1 Å². The molecule has 8 heteroatoms. The number of carboxylic acid groups (broad SMARTS) is 1. The number of carboxylic acids is 1. The highest BCUT2D eigenvalue weighted by Gasteiger charge is 2.45. The Labute approximate surface area is 157 Å². The summed E-state index contributed by atoms with van der Waals surface area (Å²) < 4.78 is 27.0. The third-order valence-electron chi connectivity index (χ3n) is 5.04. The van der Waals surface area contributed by atoms with E-state index in [0.29, 0.717) is 5.56 Å². The molecule has 0 saturated carbocycles. The van der Waals surface area contributed by atoms with E-state index in [1.54, 1.807) is 6.07 Å². The highest BCUT2D eigenvalue weighted by molar-refractivity contribution is 7.89. The van der Waals surface area contributed by atoms with E-state index in [1.165, 1.54) is 22.8 Å². The molecule has 0 unspecified atom stereocenters. The molecule has 0 atom stereocenters. The van der Waals surface area contributed by atoms with Crippen LogP contribution in [0.3, 0.4) is 0 Å². The molecule has 7 nitrogen and oxygen atoms in total. The van der Waals surface area contributed by atoms with E-state index >= 15 is 0 Å². The number of benzene rings is 1. The zero-order valence-electron chi connectivity index (χ0n) is 14.8. The smallest absolute Gasteiger partial charge is 0.314 e. The number of nitriles is 1. The highest BCUT2D eigenvalue weighted by atomic mass is 32.2. The summed E-state index contributed by atoms with van der Waals surface area (Å²) >= 11 is 0. The maximum Gasteiger partial charge on any atom is 0.314 e. The fraction of sp³-hybridized carbons (Fsp3) is 0.316. The standard InChI is InChI=1S/C19H19N3O4S/c1-14-3-2-4-16(9-14)19(18(23)24)5-7-22(8-6-19)27(25,26)17-10-15(11-20)12-21-13-17/h2-4,9-10,12-13H,5-8H2,1H3,(H,23,24). The molecule has 0 spiro atoms. The molecular formula is C19H19N3O4S. The van der Waals surface area contributed by atoms with Crippen LogP contribution < -0.4 is 0 Å². The summed E-state index contributed by atoms with van der Waals surface area (Å²) in [5.41, 5.74) is 0.709. The van der Waals surface area contributed by atoms with Crippen molar-refractivity contribution in [3.8, 4) is 6.07 Å². The largest absolute Gasteiger partial charge is 0.481 e. The Morgan fingerprint density at radius 3 is 2.56 bits per heavy atom. The lowest BCUT2D eigenvalue weighted by molar-refractivity contribution is -0.145. The molecule has 2 aromatic rings. The first kappa shape index (κ1) is 19.0. The minimum atomic E-state index is -3.83. The molecule has 1 aliphatic heterocycles. The van der Waals surface area contributed by atoms with Gasteiger partial charge in [0.25, 0.3) is 0 Å². The van der Waals surface area contributed by atoms with Crippen LogP contribution in [0, 0.1) is 18.3 Å². The molecule has 1 saturated heterocycles. The molecule has 27 heavy (non-hydrogen) atoms. The molecule has 1 aliphatic rings. The summed E-state index contributed by atoms with van der Waals surface area (Å²) in [6, 6.07) is 10.5. The number of aryl methyl sites for hydroxylation is 1. The number of aliphatic carboxylic acids is 1. The quantitative estimate of drug-likeness (QED) is 0.862. The summed E-state index contributed by atoms with van der Waals surface area (Å²) in [6.07, 6.45) is 2.85. The number of nitrogens with zero attached hydrogens (tertiary/aromatic N) is 3. The molecule has 140 valence electrons. The SMILES string of the molecule is Cc1cccc(C2(C(=O)O)CCN(S(=O)(=O)c3cncc(C#N)c3)CC2)c1. The molecule has 0 radical (unpaired) electrons. The van der Waals surface area contributed by atoms with Crippen LogP contribution in [-0.4, -0.2) is 41.9 Å². The molecule has 3 rings (SSSR count). The second kappa shape index (κ2) is 7.10. The maximum absolute atomic E-state index is 12.9. The molecule has 2 heterocycles. The predicted octanol–water partition coefficient (Wildman–Crippen LogP) is 2.07. The van der Waals surface area contributed by atoms with E-state index in [-0.39, 0.29) is 36.4 Å². The Kier molecular flexibility index (Phi) is 5.00. The van der Waals surface area contributed by atoms with Gasteiger partial charge in [0.15, 0.2) is 0 Å². The van der Waals surface area contributed by atoms with Crippen LogP contribution in [0.2, 0.25) is 0 Å². The zero-order chi connectivity index (χ0) is 19.7. The van der Waals surface area contributed by atoms with Crippen LogP contribution in [0.1, 0.15) is 29.5 Å². The van der Waals surface area contributed by atoms with Gasteiger partial charge in [-0.2, -0.15) is 9.57 Å². The summed E-state index contributed by atoms with van der Waals surface area (Å²) in [5, 5.41) is 18.8. The summed E-state index contributed by atoms with van der Waals surface area (Å²) in [7, 11) is -3.83. The fourth-order valence-corrected chi connectivity index (χ4v) is 4.88. The molecule has 1 aromatic heterocycles. The number of carbonyl (C=O) groups is 1. The molecular weight excluding hydrogens is 366 g/mol. The van der Waals surface area contributed by atoms with Crippen LogP contribution in [-0.2, 0) is 20.2 Å². The number of rotatable bonds is 4. The van der Waals surface area contributed by atoms with E-state index in [9.17, 15) is 18.3 Å². The van der Waals surface area contributed by atoms with Crippen molar-refractivity contribution in [1.82, 2.24) is 9.29 Å². The normalized spacial score (nSPS) is 17.2. The van der Waals surface area contributed by atoms with Gasteiger partial charge in [0.05, 0.1) is 11.0 Å². The second-order valence-electron chi connectivity index (χ2n) is 6.68. The summed E-state index contributed by atoms with van der Waals surface area (Å²) in [5.74, 6) is -0.946. The lowest BCUT2D eigenvalue weighted by atomic mass is 9.73. The average molecular weight is 385 g/mol. The van der Waals surface area contributed by atoms with Crippen molar-refractivity contribution in [2.24, 2.45) is 0 Å². The maximum atomic E-state index is 12.9. The lowest BCUT2D eigenvalue weighted by Crippen LogP contribution is -2.49. The van der Waals surface area contributed by atoms with Crippen molar-refractivity contribution < 1.29 is 18.3 Å². The highest BCUT2D eigenvalue weighted by Crippen LogP contribution is 2.37. The Balaban J connectivity index is 1.88. The van der Waals surface area contributed by atoms with E-state index in [1.807, 2.05) is 31.2 Å². The first-order valence-corrected chi connectivity index (χ1v) is 9.89. The molecule has 0 amide bonds. The van der Waals surface area contributed by atoms with Crippen molar-refractivity contribution in [1.29, 1.82) is 5.26 Å². The van der Waals surface area contributed by atoms with Gasteiger partial charge >= 0.3 is 5.97 Å². The van der Waals surface area contributed by atoms with Gasteiger partial charge in [0.1, 0.15) is 11.0 Å². The van der Waals surface area contributed by atoms with Gasteiger partial charge in [0.2, 0.25) is 10.0 Å². The zero-order valence-corrected chi connectivity index (χ0v) is 15.6. The first-order valence-electron chi connectivity index (χ1n) is 8.45. The van der Waals surface area contributed by atoms with Crippen LogP contribution in [0.4, 0.5) is 0 Å². The Morgan fingerprint density at radius 2 is 1.96 bits per heavy atom. The number of piperidine rings is 1. The Morgan fingerprint density at radius 1 is 1.26 bits per heavy atom. The number of pyridine rings is 1. The van der Waals surface area contributed by atoms with Gasteiger partial charge in [-0.3, -0.25) is 9.78 Å². The van der Waals surface area contributed by atoms with E-state index in [2.05, 4.69) is 4.98 Å². The molecule has 1 fully saturated rings. The van der Waals surface area contributed by atoms with Crippen LogP contribution in [0.25, 0.3) is 0 Å². The summed E-state index contributed by atoms with van der Waals surface area (Å²) in [6.45, 7) is 2.06.